The summed E-state index contributed by atoms with van der Waals surface area (Å²) >= 11 is 11.8. The second kappa shape index (κ2) is 9.61. The van der Waals surface area contributed by atoms with Gasteiger partial charge in [0, 0.05) is 19.3 Å². The second-order valence-electron chi connectivity index (χ2n) is 3.73. The number of unbranched alkanes of at least 4 members (excludes halogenated alkanes) is 2. The first kappa shape index (κ1) is 16.6. The number of nitrogens with zero attached hydrogens (tertiary/aromatic N) is 1. The highest BCUT2D eigenvalue weighted by atomic mass is 35.5. The molecule has 1 aromatic carbocycles. The minimum absolute atomic E-state index is 0.613. The van der Waals surface area contributed by atoms with Crippen molar-refractivity contribution in [2.24, 2.45) is 0 Å². The molecule has 17 heavy (non-hydrogen) atoms. The zero-order chi connectivity index (χ0) is 13.3. The largest absolute Gasteiger partial charge is 0.375 e. The van der Waals surface area contributed by atoms with E-state index in [9.17, 15) is 0 Å². The number of rotatable bonds is 5. The lowest BCUT2D eigenvalue weighted by atomic mass is 10.2. The molecule has 0 saturated carbocycles. The number of anilines is 1. The monoisotopic (exact) mass is 275 g/mol. The molecule has 0 atom stereocenters. The van der Waals surface area contributed by atoms with Crippen LogP contribution in [0, 0.1) is 0 Å². The van der Waals surface area contributed by atoms with Gasteiger partial charge in [-0.3, -0.25) is 0 Å². The molecule has 0 heterocycles. The minimum atomic E-state index is 0.613. The molecular formula is C14H23Cl2N. The molecule has 0 fully saturated rings. The molecule has 0 N–H and O–H groups in total. The van der Waals surface area contributed by atoms with Crippen LogP contribution < -0.4 is 4.90 Å². The maximum absolute atomic E-state index is 5.96. The van der Waals surface area contributed by atoms with E-state index in [0.717, 1.165) is 12.2 Å². The van der Waals surface area contributed by atoms with E-state index in [2.05, 4.69) is 18.9 Å². The average Bonchev–Trinajstić information content (AvgIpc) is 2.35. The lowest BCUT2D eigenvalue weighted by Gasteiger charge is -2.19. The summed E-state index contributed by atoms with van der Waals surface area (Å²) in [6, 6.07) is 5.76. The standard InChI is InChI=1S/C12H17Cl2N.C2H6/c1-3-4-5-8-15(2)10-6-7-11(13)12(14)9-10;1-2/h6-7,9H,3-5,8H2,1-2H3;1-2H3. The van der Waals surface area contributed by atoms with Crippen LogP contribution in [0.5, 0.6) is 0 Å². The van der Waals surface area contributed by atoms with Crippen molar-refractivity contribution in [3.05, 3.63) is 28.2 Å². The highest BCUT2D eigenvalue weighted by molar-refractivity contribution is 6.42. The molecule has 0 unspecified atom stereocenters. The van der Waals surface area contributed by atoms with E-state index < -0.39 is 0 Å². The maximum Gasteiger partial charge on any atom is 0.0612 e. The molecule has 1 aromatic rings. The van der Waals surface area contributed by atoms with Gasteiger partial charge in [-0.25, -0.2) is 0 Å². The third-order valence-electron chi connectivity index (χ3n) is 2.44. The van der Waals surface area contributed by atoms with E-state index in [-0.39, 0.29) is 0 Å². The van der Waals surface area contributed by atoms with Crippen molar-refractivity contribution in [3.8, 4) is 0 Å². The molecular weight excluding hydrogens is 253 g/mol. The summed E-state index contributed by atoms with van der Waals surface area (Å²) in [5, 5.41) is 1.24. The van der Waals surface area contributed by atoms with E-state index in [1.807, 2.05) is 32.0 Å². The Labute approximate surface area is 116 Å². The molecule has 1 rings (SSSR count). The van der Waals surface area contributed by atoms with Crippen LogP contribution in [0.15, 0.2) is 18.2 Å². The van der Waals surface area contributed by atoms with Gasteiger partial charge in [-0.15, -0.1) is 0 Å². The normalized spacial score (nSPS) is 9.53. The van der Waals surface area contributed by atoms with Gasteiger partial charge < -0.3 is 4.90 Å². The van der Waals surface area contributed by atoms with E-state index in [1.54, 1.807) is 0 Å². The molecule has 0 spiro atoms. The molecule has 98 valence electrons. The Morgan fingerprint density at radius 1 is 1.06 bits per heavy atom. The molecule has 0 aromatic heterocycles. The molecule has 0 aliphatic rings. The van der Waals surface area contributed by atoms with Gasteiger partial charge in [0.25, 0.3) is 0 Å². The van der Waals surface area contributed by atoms with Crippen LogP contribution in [-0.2, 0) is 0 Å². The molecule has 0 aliphatic heterocycles. The van der Waals surface area contributed by atoms with Gasteiger partial charge in [-0.2, -0.15) is 0 Å². The average molecular weight is 276 g/mol. The maximum atomic E-state index is 5.96. The summed E-state index contributed by atoms with van der Waals surface area (Å²) in [7, 11) is 2.08. The molecule has 1 nitrogen and oxygen atoms in total. The summed E-state index contributed by atoms with van der Waals surface area (Å²) in [6.07, 6.45) is 3.73. The van der Waals surface area contributed by atoms with Gasteiger partial charge >= 0.3 is 0 Å². The zero-order valence-electron chi connectivity index (χ0n) is 11.3. The number of halogens is 2. The Bertz CT molecular complexity index is 313. The predicted octanol–water partition coefficient (Wildman–Crippen LogP) is 5.65. The van der Waals surface area contributed by atoms with E-state index in [1.165, 1.54) is 19.3 Å². The first-order valence-corrected chi connectivity index (χ1v) is 7.07. The number of hydrogen-bond acceptors (Lipinski definition) is 1. The van der Waals surface area contributed by atoms with Crippen LogP contribution in [0.3, 0.4) is 0 Å². The van der Waals surface area contributed by atoms with E-state index in [0.29, 0.717) is 10.0 Å². The van der Waals surface area contributed by atoms with Crippen LogP contribution in [0.25, 0.3) is 0 Å². The fourth-order valence-corrected chi connectivity index (χ4v) is 1.74. The van der Waals surface area contributed by atoms with Gasteiger partial charge in [0.2, 0.25) is 0 Å². The third kappa shape index (κ3) is 6.18. The summed E-state index contributed by atoms with van der Waals surface area (Å²) < 4.78 is 0. The predicted molar refractivity (Wildman–Crippen MR) is 80.6 cm³/mol. The van der Waals surface area contributed by atoms with Gasteiger partial charge in [0.15, 0.2) is 0 Å². The summed E-state index contributed by atoms with van der Waals surface area (Å²) in [6.45, 7) is 7.27. The van der Waals surface area contributed by atoms with E-state index >= 15 is 0 Å². The Balaban J connectivity index is 0.00000121. The van der Waals surface area contributed by atoms with Crippen LogP contribution >= 0.6 is 23.2 Å². The molecule has 3 heteroatoms. The topological polar surface area (TPSA) is 3.24 Å². The first-order valence-electron chi connectivity index (χ1n) is 6.31. The Morgan fingerprint density at radius 3 is 2.24 bits per heavy atom. The molecule has 0 bridgehead atoms. The van der Waals surface area contributed by atoms with Crippen LogP contribution in [0.4, 0.5) is 5.69 Å². The molecule has 0 amide bonds. The molecule has 0 radical (unpaired) electrons. The lowest BCUT2D eigenvalue weighted by Crippen LogP contribution is -2.18. The summed E-state index contributed by atoms with van der Waals surface area (Å²) in [5.41, 5.74) is 1.13. The number of benzene rings is 1. The van der Waals surface area contributed by atoms with Gasteiger partial charge in [-0.1, -0.05) is 56.8 Å². The SMILES string of the molecule is CC.CCCCCN(C)c1ccc(Cl)c(Cl)c1. The van der Waals surface area contributed by atoms with Gasteiger partial charge in [0.05, 0.1) is 10.0 Å². The third-order valence-corrected chi connectivity index (χ3v) is 3.18. The van der Waals surface area contributed by atoms with Crippen molar-refractivity contribution in [3.63, 3.8) is 0 Å². The second-order valence-corrected chi connectivity index (χ2v) is 4.54. The zero-order valence-corrected chi connectivity index (χ0v) is 12.8. The fraction of sp³-hybridized carbons (Fsp3) is 0.571. The van der Waals surface area contributed by atoms with Crippen molar-refractivity contribution in [1.82, 2.24) is 0 Å². The van der Waals surface area contributed by atoms with Crippen LogP contribution in [0.1, 0.15) is 40.0 Å². The van der Waals surface area contributed by atoms with E-state index in [4.69, 9.17) is 23.2 Å². The Hall–Kier alpha value is -0.400. The fourth-order valence-electron chi connectivity index (χ4n) is 1.45. The quantitative estimate of drug-likeness (QED) is 0.628. The first-order chi connectivity index (χ1) is 8.15. The summed E-state index contributed by atoms with van der Waals surface area (Å²) in [5.74, 6) is 0. The Morgan fingerprint density at radius 2 is 1.71 bits per heavy atom. The molecule has 0 saturated heterocycles. The van der Waals surface area contributed by atoms with Gasteiger partial charge in [0.1, 0.15) is 0 Å². The van der Waals surface area contributed by atoms with Crippen molar-refractivity contribution in [2.75, 3.05) is 18.5 Å². The summed E-state index contributed by atoms with van der Waals surface area (Å²) in [4.78, 5) is 2.21. The Kier molecular flexibility index (Phi) is 9.39. The van der Waals surface area contributed by atoms with Crippen molar-refractivity contribution < 1.29 is 0 Å². The highest BCUT2D eigenvalue weighted by Crippen LogP contribution is 2.26. The van der Waals surface area contributed by atoms with Crippen LogP contribution in [-0.4, -0.2) is 13.6 Å². The highest BCUT2D eigenvalue weighted by Gasteiger charge is 2.03. The van der Waals surface area contributed by atoms with Crippen LogP contribution in [0.2, 0.25) is 10.0 Å². The lowest BCUT2D eigenvalue weighted by molar-refractivity contribution is 0.705. The molecule has 0 aliphatic carbocycles. The number of hydrogen-bond donors (Lipinski definition) is 0. The van der Waals surface area contributed by atoms with Crippen molar-refractivity contribution in [1.29, 1.82) is 0 Å². The van der Waals surface area contributed by atoms with Crippen molar-refractivity contribution >= 4 is 28.9 Å². The minimum Gasteiger partial charge on any atom is -0.375 e. The smallest absolute Gasteiger partial charge is 0.0612 e. The van der Waals surface area contributed by atoms with Crippen molar-refractivity contribution in [2.45, 2.75) is 40.0 Å². The van der Waals surface area contributed by atoms with Gasteiger partial charge in [-0.05, 0) is 24.6 Å².